The van der Waals surface area contributed by atoms with E-state index in [0.717, 1.165) is 32.1 Å². The molecular weight excluding hydrogens is 508 g/mol. The van der Waals surface area contributed by atoms with Crippen LogP contribution < -0.4 is 16.4 Å². The Balaban J connectivity index is 3.58. The van der Waals surface area contributed by atoms with Crippen molar-refractivity contribution >= 4 is 23.8 Å². The third-order valence-electron chi connectivity index (χ3n) is 5.90. The number of carbonyl (C=O) groups excluding carboxylic acids is 4. The fourth-order valence-corrected chi connectivity index (χ4v) is 4.24. The molecule has 0 saturated carbocycles. The van der Waals surface area contributed by atoms with Gasteiger partial charge < -0.3 is 26.0 Å². The molecule has 0 radical (unpaired) electrons. The summed E-state index contributed by atoms with van der Waals surface area (Å²) in [5, 5.41) is 5.47. The molecule has 0 aliphatic rings. The normalized spacial score (nSPS) is 12.9. The molecule has 2 atom stereocenters. The Hall–Kier alpha value is -3.54. The number of ether oxygens (including phenoxy) is 1. The third-order valence-corrected chi connectivity index (χ3v) is 5.90. The molecule has 1 aromatic carbocycles. The van der Waals surface area contributed by atoms with Crippen molar-refractivity contribution < 1.29 is 23.9 Å². The molecule has 0 aliphatic heterocycles. The number of rotatable bonds is 14. The largest absolute Gasteiger partial charge is 0.444 e. The number of nitrogens with one attached hydrogen (secondary N) is 2. The van der Waals surface area contributed by atoms with Crippen molar-refractivity contribution in [1.29, 1.82) is 0 Å². The minimum absolute atomic E-state index is 0.206. The van der Waals surface area contributed by atoms with Gasteiger partial charge in [-0.1, -0.05) is 63.1 Å². The van der Waals surface area contributed by atoms with E-state index in [-0.39, 0.29) is 6.54 Å². The van der Waals surface area contributed by atoms with Crippen molar-refractivity contribution in [3.8, 4) is 12.3 Å². The third kappa shape index (κ3) is 12.5. The lowest BCUT2D eigenvalue weighted by molar-refractivity contribution is -0.144. The first-order valence-corrected chi connectivity index (χ1v) is 14.1. The second kappa shape index (κ2) is 15.9. The van der Waals surface area contributed by atoms with Crippen molar-refractivity contribution in [2.75, 3.05) is 6.54 Å². The van der Waals surface area contributed by atoms with Crippen LogP contribution in [0.1, 0.15) is 111 Å². The summed E-state index contributed by atoms with van der Waals surface area (Å²) in [6.45, 7) is 12.9. The molecule has 0 heterocycles. The zero-order chi connectivity index (χ0) is 30.5. The van der Waals surface area contributed by atoms with Crippen LogP contribution in [-0.2, 0) is 19.1 Å². The number of nitrogens with two attached hydrogens (primary N) is 1. The maximum atomic E-state index is 14.1. The fraction of sp³-hybridized carbons (Fsp3) is 0.613. The van der Waals surface area contributed by atoms with E-state index in [1.807, 2.05) is 20.8 Å². The first-order valence-electron chi connectivity index (χ1n) is 14.1. The number of benzene rings is 1. The number of alkyl carbamates (subject to hydrolysis) is 1. The smallest absolute Gasteiger partial charge is 0.408 e. The van der Waals surface area contributed by atoms with Crippen LogP contribution >= 0.6 is 0 Å². The molecule has 4 N–H and O–H groups in total. The predicted molar refractivity (Wildman–Crippen MR) is 157 cm³/mol. The Morgan fingerprint density at radius 2 is 1.60 bits per heavy atom. The van der Waals surface area contributed by atoms with E-state index < -0.39 is 53.5 Å². The molecule has 222 valence electrons. The van der Waals surface area contributed by atoms with Crippen molar-refractivity contribution in [2.24, 2.45) is 5.73 Å². The Kier molecular flexibility index (Phi) is 13.7. The zero-order valence-electron chi connectivity index (χ0n) is 25.3. The highest BCUT2D eigenvalue weighted by atomic mass is 16.6. The van der Waals surface area contributed by atoms with Gasteiger partial charge in [-0.25, -0.2) is 4.79 Å². The van der Waals surface area contributed by atoms with Crippen LogP contribution in [0.4, 0.5) is 4.79 Å². The van der Waals surface area contributed by atoms with Crippen LogP contribution in [0.25, 0.3) is 0 Å². The number of amides is 4. The molecule has 40 heavy (non-hydrogen) atoms. The van der Waals surface area contributed by atoms with E-state index in [2.05, 4.69) is 23.5 Å². The topological polar surface area (TPSA) is 131 Å². The van der Waals surface area contributed by atoms with Gasteiger partial charge in [0.1, 0.15) is 17.7 Å². The Labute approximate surface area is 240 Å². The average Bonchev–Trinajstić information content (AvgIpc) is 2.82. The molecule has 0 fully saturated rings. The molecule has 9 nitrogen and oxygen atoms in total. The van der Waals surface area contributed by atoms with Crippen molar-refractivity contribution in [3.63, 3.8) is 0 Å². The number of unbranched alkanes of at least 4 members (excludes halogenated alkanes) is 5. The quantitative estimate of drug-likeness (QED) is 0.228. The summed E-state index contributed by atoms with van der Waals surface area (Å²) < 4.78 is 5.33. The maximum absolute atomic E-state index is 14.1. The molecule has 4 amide bonds. The first-order chi connectivity index (χ1) is 18.6. The lowest BCUT2D eigenvalue weighted by atomic mass is 9.95. The van der Waals surface area contributed by atoms with Crippen LogP contribution in [-0.4, -0.2) is 52.4 Å². The Bertz CT molecular complexity index is 1050. The highest BCUT2D eigenvalue weighted by Crippen LogP contribution is 2.27. The summed E-state index contributed by atoms with van der Waals surface area (Å²) in [6, 6.07) is 4.49. The minimum Gasteiger partial charge on any atom is -0.444 e. The summed E-state index contributed by atoms with van der Waals surface area (Å²) in [4.78, 5) is 54.0. The number of hydrogen-bond acceptors (Lipinski definition) is 5. The van der Waals surface area contributed by atoms with Gasteiger partial charge in [0.05, 0.1) is 6.42 Å². The number of hydrogen-bond donors (Lipinski definition) is 3. The molecule has 2 unspecified atom stereocenters. The Morgan fingerprint density at radius 3 is 2.15 bits per heavy atom. The van der Waals surface area contributed by atoms with Gasteiger partial charge in [-0.3, -0.25) is 14.4 Å². The van der Waals surface area contributed by atoms with Gasteiger partial charge in [0.15, 0.2) is 0 Å². The highest BCUT2D eigenvalue weighted by molar-refractivity contribution is 5.95. The van der Waals surface area contributed by atoms with E-state index in [0.29, 0.717) is 17.5 Å². The summed E-state index contributed by atoms with van der Waals surface area (Å²) in [6.07, 6.45) is 10.2. The molecule has 0 spiro atoms. The van der Waals surface area contributed by atoms with E-state index in [4.69, 9.17) is 16.9 Å². The first kappa shape index (κ1) is 34.5. The summed E-state index contributed by atoms with van der Waals surface area (Å²) >= 11 is 0. The number of carbonyl (C=O) groups is 4. The molecule has 0 saturated heterocycles. The van der Waals surface area contributed by atoms with Crippen LogP contribution in [0.2, 0.25) is 0 Å². The zero-order valence-corrected chi connectivity index (χ0v) is 25.3. The highest BCUT2D eigenvalue weighted by Gasteiger charge is 2.38. The summed E-state index contributed by atoms with van der Waals surface area (Å²) in [5.74, 6) is 0.780. The number of nitrogens with zero attached hydrogens (tertiary/aromatic N) is 1. The van der Waals surface area contributed by atoms with Gasteiger partial charge in [-0.15, -0.1) is 6.42 Å². The number of primary amides is 1. The summed E-state index contributed by atoms with van der Waals surface area (Å²) in [7, 11) is 0. The second-order valence-electron chi connectivity index (χ2n) is 12.0. The monoisotopic (exact) mass is 556 g/mol. The molecule has 9 heteroatoms. The van der Waals surface area contributed by atoms with Gasteiger partial charge in [0.2, 0.25) is 17.7 Å². The van der Waals surface area contributed by atoms with E-state index >= 15 is 0 Å². The van der Waals surface area contributed by atoms with Gasteiger partial charge >= 0.3 is 6.09 Å². The van der Waals surface area contributed by atoms with Gasteiger partial charge in [0.25, 0.3) is 0 Å². The molecular formula is C31H48N4O5. The molecule has 0 bridgehead atoms. The lowest BCUT2D eigenvalue weighted by Gasteiger charge is -2.36. The minimum atomic E-state index is -1.34. The standard InChI is InChI=1S/C31H48N4O5/c1-9-11-12-13-14-17-20-35(28(38)24(21-25(32)36)33-29(39)40-31(6,7)8)26(27(37)34-30(3,4)5)23-19-16-15-18-22(23)10-2/h2,15-16,18-19,24,26H,9,11-14,17,20-21H2,1,3-8H3,(H2,32,36)(H,33,39)(H,34,37). The molecule has 1 rings (SSSR count). The van der Waals surface area contributed by atoms with E-state index in [1.165, 1.54) is 4.90 Å². The van der Waals surface area contributed by atoms with Crippen molar-refractivity contribution in [2.45, 2.75) is 117 Å². The van der Waals surface area contributed by atoms with Crippen LogP contribution in [0, 0.1) is 12.3 Å². The number of terminal acetylenes is 1. The van der Waals surface area contributed by atoms with Gasteiger partial charge in [-0.2, -0.15) is 0 Å². The predicted octanol–water partition coefficient (Wildman–Crippen LogP) is 4.58. The van der Waals surface area contributed by atoms with Crippen LogP contribution in [0.5, 0.6) is 0 Å². The van der Waals surface area contributed by atoms with E-state index in [9.17, 15) is 19.2 Å². The van der Waals surface area contributed by atoms with Crippen molar-refractivity contribution in [1.82, 2.24) is 15.5 Å². The van der Waals surface area contributed by atoms with Gasteiger partial charge in [0, 0.05) is 17.6 Å². The molecule has 0 aliphatic carbocycles. The lowest BCUT2D eigenvalue weighted by Crippen LogP contribution is -2.55. The fourth-order valence-electron chi connectivity index (χ4n) is 4.24. The average molecular weight is 557 g/mol. The van der Waals surface area contributed by atoms with E-state index in [1.54, 1.807) is 45.0 Å². The Morgan fingerprint density at radius 1 is 1.00 bits per heavy atom. The summed E-state index contributed by atoms with van der Waals surface area (Å²) in [5.41, 5.74) is 4.98. The maximum Gasteiger partial charge on any atom is 0.408 e. The van der Waals surface area contributed by atoms with Crippen molar-refractivity contribution in [3.05, 3.63) is 35.4 Å². The van der Waals surface area contributed by atoms with Crippen LogP contribution in [0.15, 0.2) is 24.3 Å². The second-order valence-corrected chi connectivity index (χ2v) is 12.0. The molecule has 1 aromatic rings. The molecule has 0 aromatic heterocycles. The SMILES string of the molecule is C#Cc1ccccc1C(C(=O)NC(C)(C)C)N(CCCCCCCC)C(=O)C(CC(N)=O)NC(=O)OC(C)(C)C. The van der Waals surface area contributed by atoms with Crippen LogP contribution in [0.3, 0.4) is 0 Å². The van der Waals surface area contributed by atoms with Gasteiger partial charge in [-0.05, 0) is 59.6 Å².